The Kier molecular flexibility index (Phi) is 11.0. The minimum atomic E-state index is -0.315. The molecule has 1 atom stereocenters. The fraction of sp³-hybridized carbons (Fsp3) is 0.409. The van der Waals surface area contributed by atoms with Gasteiger partial charge >= 0.3 is 0 Å². The average Bonchev–Trinajstić information content (AvgIpc) is 3.23. The van der Waals surface area contributed by atoms with Crippen molar-refractivity contribution >= 4 is 53.4 Å². The number of guanidine groups is 1. The van der Waals surface area contributed by atoms with Crippen LogP contribution in [0.15, 0.2) is 58.5 Å². The number of hydrogen-bond acceptors (Lipinski definition) is 5. The number of pyridine rings is 1. The second kappa shape index (κ2) is 13.5. The Bertz CT molecular complexity index is 886. The number of carbonyl (C=O) groups is 1. The van der Waals surface area contributed by atoms with Crippen molar-refractivity contribution in [3.8, 4) is 0 Å². The van der Waals surface area contributed by atoms with Gasteiger partial charge in [-0.1, -0.05) is 18.2 Å². The number of carbonyl (C=O) groups excluding carboxylic acids is 1. The van der Waals surface area contributed by atoms with Crippen LogP contribution in [-0.2, 0) is 4.79 Å². The van der Waals surface area contributed by atoms with Crippen LogP contribution in [0.5, 0.6) is 0 Å². The summed E-state index contributed by atoms with van der Waals surface area (Å²) < 4.78 is 14.1. The molecule has 7 nitrogen and oxygen atoms in total. The van der Waals surface area contributed by atoms with Crippen molar-refractivity contribution in [1.29, 1.82) is 0 Å². The minimum absolute atomic E-state index is 0. The number of hydrogen-bond donors (Lipinski definition) is 2. The van der Waals surface area contributed by atoms with Crippen LogP contribution in [0.2, 0.25) is 0 Å². The summed E-state index contributed by atoms with van der Waals surface area (Å²) in [4.78, 5) is 25.3. The molecule has 0 spiro atoms. The van der Waals surface area contributed by atoms with Gasteiger partial charge in [0.25, 0.3) is 0 Å². The Morgan fingerprint density at radius 2 is 2.06 bits per heavy atom. The van der Waals surface area contributed by atoms with Gasteiger partial charge in [-0.25, -0.2) is 14.4 Å². The van der Waals surface area contributed by atoms with Crippen LogP contribution < -0.4 is 15.5 Å². The standard InChI is InChI=1S/C22H29FN6OS.HI/c1-28(2)20(30)15-26-22(25-12-14-31-18-7-4-3-5-8-18)27-17-10-13-29(16-17)21-19(23)9-6-11-24-21;/h3-9,11,17H,10,12-16H2,1-2H3,(H2,25,26,27);1H. The fourth-order valence-corrected chi connectivity index (χ4v) is 3.96. The summed E-state index contributed by atoms with van der Waals surface area (Å²) in [6.45, 7) is 2.10. The van der Waals surface area contributed by atoms with Gasteiger partial charge in [0.15, 0.2) is 17.6 Å². The van der Waals surface area contributed by atoms with Crippen molar-refractivity contribution in [2.24, 2.45) is 4.99 Å². The van der Waals surface area contributed by atoms with Gasteiger partial charge < -0.3 is 20.4 Å². The largest absolute Gasteiger partial charge is 0.356 e. The topological polar surface area (TPSA) is 72.9 Å². The monoisotopic (exact) mass is 572 g/mol. The van der Waals surface area contributed by atoms with Gasteiger partial charge in [0.1, 0.15) is 6.54 Å². The van der Waals surface area contributed by atoms with Gasteiger partial charge in [-0.3, -0.25) is 4.79 Å². The molecule has 1 saturated heterocycles. The molecule has 1 aromatic carbocycles. The van der Waals surface area contributed by atoms with E-state index >= 15 is 0 Å². The summed E-state index contributed by atoms with van der Waals surface area (Å²) in [5, 5.41) is 6.71. The lowest BCUT2D eigenvalue weighted by atomic mass is 10.3. The summed E-state index contributed by atoms with van der Waals surface area (Å²) >= 11 is 1.76. The molecule has 0 radical (unpaired) electrons. The van der Waals surface area contributed by atoms with Gasteiger partial charge in [-0.2, -0.15) is 0 Å². The Labute approximate surface area is 210 Å². The number of anilines is 1. The number of rotatable bonds is 8. The molecule has 2 aromatic rings. The molecule has 3 rings (SSSR count). The zero-order valence-electron chi connectivity index (χ0n) is 18.3. The number of nitrogens with one attached hydrogen (secondary N) is 2. The normalized spacial score (nSPS) is 15.8. The van der Waals surface area contributed by atoms with E-state index in [9.17, 15) is 9.18 Å². The van der Waals surface area contributed by atoms with E-state index in [1.807, 2.05) is 23.1 Å². The van der Waals surface area contributed by atoms with E-state index in [0.29, 0.717) is 31.4 Å². The molecular formula is C22H30FIN6OS. The van der Waals surface area contributed by atoms with Crippen LogP contribution in [0.1, 0.15) is 6.42 Å². The molecule has 1 aliphatic heterocycles. The lowest BCUT2D eigenvalue weighted by Gasteiger charge is -2.20. The highest BCUT2D eigenvalue weighted by Crippen LogP contribution is 2.20. The summed E-state index contributed by atoms with van der Waals surface area (Å²) in [5.74, 6) is 1.45. The van der Waals surface area contributed by atoms with E-state index in [2.05, 4.69) is 32.7 Å². The predicted octanol–water partition coefficient (Wildman–Crippen LogP) is 2.83. The summed E-state index contributed by atoms with van der Waals surface area (Å²) in [5.41, 5.74) is 0. The molecule has 32 heavy (non-hydrogen) atoms. The van der Waals surface area contributed by atoms with Crippen LogP contribution in [0.4, 0.5) is 10.2 Å². The van der Waals surface area contributed by atoms with Gasteiger partial charge in [0.05, 0.1) is 0 Å². The molecule has 1 unspecified atom stereocenters. The average molecular weight is 572 g/mol. The maximum atomic E-state index is 14.1. The highest BCUT2D eigenvalue weighted by Gasteiger charge is 2.26. The highest BCUT2D eigenvalue weighted by molar-refractivity contribution is 14.0. The first-order valence-electron chi connectivity index (χ1n) is 10.3. The number of thioether (sulfide) groups is 1. The third-order valence-corrected chi connectivity index (χ3v) is 5.86. The zero-order valence-corrected chi connectivity index (χ0v) is 21.5. The van der Waals surface area contributed by atoms with Gasteiger partial charge in [0.2, 0.25) is 5.91 Å². The molecule has 2 N–H and O–H groups in total. The molecule has 10 heteroatoms. The minimum Gasteiger partial charge on any atom is -0.356 e. The SMILES string of the molecule is CN(C)C(=O)CN=C(NCCSc1ccccc1)NC1CCN(c2ncccc2F)C1.I. The third-order valence-electron chi connectivity index (χ3n) is 4.85. The Morgan fingerprint density at radius 1 is 1.28 bits per heavy atom. The number of nitrogens with zero attached hydrogens (tertiary/aromatic N) is 4. The molecule has 1 aliphatic rings. The Morgan fingerprint density at radius 3 is 2.78 bits per heavy atom. The molecule has 1 fully saturated rings. The van der Waals surface area contributed by atoms with E-state index in [0.717, 1.165) is 12.2 Å². The molecule has 0 saturated carbocycles. The lowest BCUT2D eigenvalue weighted by molar-refractivity contribution is -0.127. The van der Waals surface area contributed by atoms with Gasteiger partial charge in [-0.15, -0.1) is 35.7 Å². The first-order chi connectivity index (χ1) is 15.0. The molecule has 0 bridgehead atoms. The molecule has 174 valence electrons. The van der Waals surface area contributed by atoms with Crippen molar-refractivity contribution in [2.75, 3.05) is 50.9 Å². The number of benzene rings is 1. The van der Waals surface area contributed by atoms with Crippen molar-refractivity contribution in [3.05, 3.63) is 54.5 Å². The van der Waals surface area contributed by atoms with Crippen molar-refractivity contribution < 1.29 is 9.18 Å². The summed E-state index contributed by atoms with van der Waals surface area (Å²) in [6, 6.07) is 13.3. The lowest BCUT2D eigenvalue weighted by Crippen LogP contribution is -2.46. The maximum Gasteiger partial charge on any atom is 0.243 e. The van der Waals surface area contributed by atoms with Crippen LogP contribution in [0, 0.1) is 5.82 Å². The van der Waals surface area contributed by atoms with Crippen molar-refractivity contribution in [3.63, 3.8) is 0 Å². The third kappa shape index (κ3) is 8.12. The van der Waals surface area contributed by atoms with Crippen molar-refractivity contribution in [2.45, 2.75) is 17.4 Å². The number of amides is 1. The predicted molar refractivity (Wildman–Crippen MR) is 140 cm³/mol. The maximum absolute atomic E-state index is 14.1. The fourth-order valence-electron chi connectivity index (χ4n) is 3.17. The van der Waals surface area contributed by atoms with Crippen molar-refractivity contribution in [1.82, 2.24) is 20.5 Å². The van der Waals surface area contributed by atoms with Crippen LogP contribution >= 0.6 is 35.7 Å². The first-order valence-corrected chi connectivity index (χ1v) is 11.3. The molecule has 2 heterocycles. The van der Waals surface area contributed by atoms with Crippen LogP contribution in [0.25, 0.3) is 0 Å². The first kappa shape index (κ1) is 26.2. The van der Waals surface area contributed by atoms with Gasteiger partial charge in [0, 0.05) is 56.6 Å². The van der Waals surface area contributed by atoms with E-state index in [1.165, 1.54) is 15.9 Å². The zero-order chi connectivity index (χ0) is 22.1. The van der Waals surface area contributed by atoms with E-state index in [-0.39, 0.29) is 48.3 Å². The highest BCUT2D eigenvalue weighted by atomic mass is 127. The summed E-state index contributed by atoms with van der Waals surface area (Å²) in [6.07, 6.45) is 2.43. The Hall–Kier alpha value is -2.08. The van der Waals surface area contributed by atoms with E-state index < -0.39 is 0 Å². The quantitative estimate of drug-likeness (QED) is 0.167. The second-order valence-corrected chi connectivity index (χ2v) is 8.59. The molecule has 1 aromatic heterocycles. The number of likely N-dealkylation sites (N-methyl/N-ethyl adjacent to an activating group) is 1. The molecule has 1 amide bonds. The smallest absolute Gasteiger partial charge is 0.243 e. The van der Waals surface area contributed by atoms with Crippen LogP contribution in [0.3, 0.4) is 0 Å². The summed E-state index contributed by atoms with van der Waals surface area (Å²) in [7, 11) is 3.43. The second-order valence-electron chi connectivity index (χ2n) is 7.43. The molecule has 0 aliphatic carbocycles. The van der Waals surface area contributed by atoms with Gasteiger partial charge in [-0.05, 0) is 30.7 Å². The number of aromatic nitrogens is 1. The van der Waals surface area contributed by atoms with E-state index in [4.69, 9.17) is 0 Å². The Balaban J connectivity index is 0.00000363. The molecular weight excluding hydrogens is 542 g/mol. The van der Waals surface area contributed by atoms with E-state index in [1.54, 1.807) is 38.1 Å². The van der Waals surface area contributed by atoms with Crippen LogP contribution in [-0.4, -0.2) is 73.8 Å². The number of aliphatic imine (C=N–C) groups is 1. The number of halogens is 2.